The van der Waals surface area contributed by atoms with Crippen LogP contribution in [0.4, 0.5) is 18.9 Å². The SMILES string of the molecule is Fc1ccc(OCc2cccc(CNNc3ccccc3)c2)c(F)c1F. The standard InChI is InChI=1S/C20H17F3N2O/c21-17-9-10-18(20(23)19(17)22)26-13-15-6-4-5-14(11-15)12-24-25-16-7-2-1-3-8-16/h1-11,24-25H,12-13H2. The van der Waals surface area contributed by atoms with Crippen LogP contribution in [0.2, 0.25) is 0 Å². The number of hydrogen-bond acceptors (Lipinski definition) is 3. The zero-order chi connectivity index (χ0) is 18.4. The summed E-state index contributed by atoms with van der Waals surface area (Å²) in [6.07, 6.45) is 0. The van der Waals surface area contributed by atoms with Crippen LogP contribution in [0.3, 0.4) is 0 Å². The smallest absolute Gasteiger partial charge is 0.203 e. The molecule has 0 spiro atoms. The van der Waals surface area contributed by atoms with Crippen molar-refractivity contribution < 1.29 is 17.9 Å². The van der Waals surface area contributed by atoms with Gasteiger partial charge in [-0.2, -0.15) is 4.39 Å². The van der Waals surface area contributed by atoms with Crippen LogP contribution in [0.1, 0.15) is 11.1 Å². The van der Waals surface area contributed by atoms with Crippen LogP contribution in [-0.4, -0.2) is 0 Å². The lowest BCUT2D eigenvalue weighted by atomic mass is 10.1. The van der Waals surface area contributed by atoms with Gasteiger partial charge in [-0.25, -0.2) is 14.2 Å². The second-order valence-electron chi connectivity index (χ2n) is 5.63. The summed E-state index contributed by atoms with van der Waals surface area (Å²) in [6.45, 7) is 0.601. The Kier molecular flexibility index (Phi) is 5.76. The van der Waals surface area contributed by atoms with E-state index in [0.717, 1.165) is 28.9 Å². The van der Waals surface area contributed by atoms with Crippen molar-refractivity contribution in [2.24, 2.45) is 0 Å². The van der Waals surface area contributed by atoms with Crippen LogP contribution in [0, 0.1) is 17.5 Å². The minimum atomic E-state index is -1.53. The number of hydrazine groups is 1. The van der Waals surface area contributed by atoms with Gasteiger partial charge in [0, 0.05) is 12.2 Å². The summed E-state index contributed by atoms with van der Waals surface area (Å²) in [4.78, 5) is 0. The van der Waals surface area contributed by atoms with Crippen molar-refractivity contribution in [2.45, 2.75) is 13.2 Å². The normalized spacial score (nSPS) is 10.6. The number of hydrogen-bond donors (Lipinski definition) is 2. The minimum Gasteiger partial charge on any atom is -0.486 e. The molecule has 0 atom stereocenters. The van der Waals surface area contributed by atoms with Gasteiger partial charge >= 0.3 is 0 Å². The van der Waals surface area contributed by atoms with Gasteiger partial charge < -0.3 is 10.2 Å². The molecule has 0 unspecified atom stereocenters. The van der Waals surface area contributed by atoms with E-state index in [1.165, 1.54) is 0 Å². The van der Waals surface area contributed by atoms with Crippen molar-refractivity contribution in [3.8, 4) is 5.75 Å². The topological polar surface area (TPSA) is 33.3 Å². The highest BCUT2D eigenvalue weighted by atomic mass is 19.2. The molecular formula is C20H17F3N2O. The lowest BCUT2D eigenvalue weighted by Crippen LogP contribution is -2.20. The van der Waals surface area contributed by atoms with Crippen molar-refractivity contribution in [3.63, 3.8) is 0 Å². The van der Waals surface area contributed by atoms with Crippen LogP contribution in [0.25, 0.3) is 0 Å². The van der Waals surface area contributed by atoms with E-state index in [2.05, 4.69) is 10.9 Å². The molecule has 0 heterocycles. The molecule has 6 heteroatoms. The highest BCUT2D eigenvalue weighted by Gasteiger charge is 2.14. The molecule has 3 nitrogen and oxygen atoms in total. The van der Waals surface area contributed by atoms with Crippen LogP contribution in [-0.2, 0) is 13.2 Å². The molecule has 0 bridgehead atoms. The molecule has 0 aliphatic heterocycles. The van der Waals surface area contributed by atoms with Crippen molar-refractivity contribution in [1.29, 1.82) is 0 Å². The fourth-order valence-corrected chi connectivity index (χ4v) is 2.38. The van der Waals surface area contributed by atoms with E-state index < -0.39 is 17.5 Å². The van der Waals surface area contributed by atoms with Crippen molar-refractivity contribution in [3.05, 3.63) is 95.3 Å². The maximum atomic E-state index is 13.6. The molecule has 0 radical (unpaired) electrons. The molecule has 0 fully saturated rings. The number of ether oxygens (including phenoxy) is 1. The van der Waals surface area contributed by atoms with Crippen molar-refractivity contribution in [1.82, 2.24) is 5.43 Å². The summed E-state index contributed by atoms with van der Waals surface area (Å²) < 4.78 is 45.0. The average Bonchev–Trinajstić information content (AvgIpc) is 2.67. The van der Waals surface area contributed by atoms with Gasteiger partial charge in [0.25, 0.3) is 0 Å². The highest BCUT2D eigenvalue weighted by Crippen LogP contribution is 2.22. The molecule has 0 saturated carbocycles. The largest absolute Gasteiger partial charge is 0.486 e. The molecule has 2 N–H and O–H groups in total. The Hall–Kier alpha value is -2.99. The van der Waals surface area contributed by atoms with E-state index >= 15 is 0 Å². The van der Waals surface area contributed by atoms with Gasteiger partial charge in [0.2, 0.25) is 5.82 Å². The molecule has 0 aliphatic rings. The fraction of sp³-hybridized carbons (Fsp3) is 0.100. The van der Waals surface area contributed by atoms with Crippen molar-refractivity contribution >= 4 is 5.69 Å². The van der Waals surface area contributed by atoms with E-state index in [1.807, 2.05) is 54.6 Å². The van der Waals surface area contributed by atoms with E-state index in [0.29, 0.717) is 6.54 Å². The molecule has 0 aliphatic carbocycles. The fourth-order valence-electron chi connectivity index (χ4n) is 2.38. The first-order valence-electron chi connectivity index (χ1n) is 8.01. The van der Waals surface area contributed by atoms with Gasteiger partial charge in [-0.3, -0.25) is 0 Å². The summed E-state index contributed by atoms with van der Waals surface area (Å²) >= 11 is 0. The van der Waals surface area contributed by atoms with Crippen LogP contribution in [0.15, 0.2) is 66.7 Å². The first-order chi connectivity index (χ1) is 12.6. The van der Waals surface area contributed by atoms with Gasteiger partial charge in [0.05, 0.1) is 0 Å². The first-order valence-corrected chi connectivity index (χ1v) is 8.01. The van der Waals surface area contributed by atoms with E-state index in [4.69, 9.17) is 4.74 Å². The lowest BCUT2D eigenvalue weighted by Gasteiger charge is -2.11. The van der Waals surface area contributed by atoms with Gasteiger partial charge in [0.1, 0.15) is 6.61 Å². The van der Waals surface area contributed by atoms with Gasteiger partial charge in [-0.05, 0) is 35.4 Å². The second-order valence-corrected chi connectivity index (χ2v) is 5.63. The third-order valence-corrected chi connectivity index (χ3v) is 3.68. The molecule has 0 saturated heterocycles. The maximum absolute atomic E-state index is 13.6. The van der Waals surface area contributed by atoms with Gasteiger partial charge in [-0.15, -0.1) is 0 Å². The predicted octanol–water partition coefficient (Wildman–Crippen LogP) is 4.80. The number of rotatable bonds is 7. The molecule has 0 aromatic heterocycles. The summed E-state index contributed by atoms with van der Waals surface area (Å²) in [5, 5.41) is 0. The summed E-state index contributed by atoms with van der Waals surface area (Å²) in [5.41, 5.74) is 8.90. The van der Waals surface area contributed by atoms with Gasteiger partial charge in [0.15, 0.2) is 17.4 Å². The molecule has 26 heavy (non-hydrogen) atoms. The lowest BCUT2D eigenvalue weighted by molar-refractivity contribution is 0.281. The predicted molar refractivity (Wildman–Crippen MR) is 94.0 cm³/mol. The monoisotopic (exact) mass is 358 g/mol. The molecule has 3 rings (SSSR count). The Morgan fingerprint density at radius 3 is 2.35 bits per heavy atom. The Balaban J connectivity index is 1.56. The first kappa shape index (κ1) is 17.8. The van der Waals surface area contributed by atoms with Gasteiger partial charge in [-0.1, -0.05) is 42.5 Å². The Bertz CT molecular complexity index is 872. The Morgan fingerprint density at radius 1 is 0.769 bits per heavy atom. The average molecular weight is 358 g/mol. The molecule has 3 aromatic carbocycles. The summed E-state index contributed by atoms with van der Waals surface area (Å²) in [6, 6.07) is 19.1. The number of halogens is 3. The van der Waals surface area contributed by atoms with Crippen molar-refractivity contribution in [2.75, 3.05) is 5.43 Å². The molecule has 134 valence electrons. The van der Waals surface area contributed by atoms with E-state index in [-0.39, 0.29) is 12.4 Å². The van der Waals surface area contributed by atoms with Crippen LogP contribution in [0.5, 0.6) is 5.75 Å². The van der Waals surface area contributed by atoms with Crippen LogP contribution < -0.4 is 15.6 Å². The number of para-hydroxylation sites is 1. The quantitative estimate of drug-likeness (QED) is 0.470. The summed E-state index contributed by atoms with van der Waals surface area (Å²) in [7, 11) is 0. The van der Waals surface area contributed by atoms with E-state index in [9.17, 15) is 13.2 Å². The molecule has 0 amide bonds. The molecule has 3 aromatic rings. The van der Waals surface area contributed by atoms with Crippen LogP contribution >= 0.6 is 0 Å². The highest BCUT2D eigenvalue weighted by molar-refractivity contribution is 5.41. The minimum absolute atomic E-state index is 0.0436. The maximum Gasteiger partial charge on any atom is 0.203 e. The third-order valence-electron chi connectivity index (χ3n) is 3.68. The Labute approximate surface area is 149 Å². The number of anilines is 1. The zero-order valence-electron chi connectivity index (χ0n) is 13.8. The molecular weight excluding hydrogens is 341 g/mol. The van der Waals surface area contributed by atoms with E-state index in [1.54, 1.807) is 0 Å². The third kappa shape index (κ3) is 4.55. The zero-order valence-corrected chi connectivity index (χ0v) is 13.8. The summed E-state index contributed by atoms with van der Waals surface area (Å²) in [5.74, 6) is -4.42. The number of benzene rings is 3. The second kappa shape index (κ2) is 8.40. The number of nitrogens with one attached hydrogen (secondary N) is 2. The Morgan fingerprint density at radius 2 is 1.54 bits per heavy atom.